The summed E-state index contributed by atoms with van der Waals surface area (Å²) in [5.74, 6) is 0.349. The van der Waals surface area contributed by atoms with Crippen LogP contribution in [0.25, 0.3) is 0 Å². The maximum absolute atomic E-state index is 9.31. The Morgan fingerprint density at radius 1 is 1.29 bits per heavy atom. The molecule has 0 saturated carbocycles. The number of phenolic OH excluding ortho intramolecular Hbond substituents is 1. The summed E-state index contributed by atoms with van der Waals surface area (Å²) in [5, 5.41) is 12.6. The minimum absolute atomic E-state index is 0.349. The highest BCUT2D eigenvalue weighted by Crippen LogP contribution is 2.24. The van der Waals surface area contributed by atoms with Crippen molar-refractivity contribution in [3.63, 3.8) is 0 Å². The second kappa shape index (κ2) is 3.88. The Labute approximate surface area is 84.4 Å². The van der Waals surface area contributed by atoms with Gasteiger partial charge in [0, 0.05) is 31.9 Å². The molecule has 1 saturated heterocycles. The number of aryl methyl sites for hydroxylation is 1. The van der Waals surface area contributed by atoms with Gasteiger partial charge in [0.2, 0.25) is 0 Å². The number of hydrogen-bond acceptors (Lipinski definition) is 3. The first-order valence-corrected chi connectivity index (χ1v) is 5.02. The van der Waals surface area contributed by atoms with Gasteiger partial charge in [-0.15, -0.1) is 0 Å². The first-order chi connectivity index (χ1) is 6.77. The fourth-order valence-corrected chi connectivity index (χ4v) is 1.90. The van der Waals surface area contributed by atoms with Gasteiger partial charge in [-0.05, 0) is 30.7 Å². The van der Waals surface area contributed by atoms with Gasteiger partial charge in [0.05, 0.1) is 0 Å². The summed E-state index contributed by atoms with van der Waals surface area (Å²) in [7, 11) is 0. The largest absolute Gasteiger partial charge is 0.508 e. The summed E-state index contributed by atoms with van der Waals surface area (Å²) in [4.78, 5) is 2.35. The maximum Gasteiger partial charge on any atom is 0.115 e. The molecular weight excluding hydrogens is 176 g/mol. The molecule has 2 rings (SSSR count). The topological polar surface area (TPSA) is 35.5 Å². The van der Waals surface area contributed by atoms with Crippen molar-refractivity contribution in [3.05, 3.63) is 23.8 Å². The van der Waals surface area contributed by atoms with Gasteiger partial charge in [-0.3, -0.25) is 0 Å². The zero-order chi connectivity index (χ0) is 9.97. The van der Waals surface area contributed by atoms with E-state index in [0.29, 0.717) is 5.75 Å². The SMILES string of the molecule is Cc1cc(O)ccc1N1CCNCC1. The molecule has 0 bridgehead atoms. The molecule has 2 N–H and O–H groups in total. The summed E-state index contributed by atoms with van der Waals surface area (Å²) in [6.45, 7) is 6.22. The highest BCUT2D eigenvalue weighted by molar-refractivity contribution is 5.55. The van der Waals surface area contributed by atoms with E-state index in [-0.39, 0.29) is 0 Å². The molecule has 0 aliphatic carbocycles. The number of hydrogen-bond donors (Lipinski definition) is 2. The first-order valence-electron chi connectivity index (χ1n) is 5.02. The second-order valence-electron chi connectivity index (χ2n) is 3.71. The molecule has 76 valence electrons. The molecule has 0 radical (unpaired) electrons. The van der Waals surface area contributed by atoms with Gasteiger partial charge in [-0.2, -0.15) is 0 Å². The summed E-state index contributed by atoms with van der Waals surface area (Å²) >= 11 is 0. The van der Waals surface area contributed by atoms with Gasteiger partial charge in [0.15, 0.2) is 0 Å². The third-order valence-corrected chi connectivity index (χ3v) is 2.64. The fraction of sp³-hybridized carbons (Fsp3) is 0.455. The van der Waals surface area contributed by atoms with E-state index in [1.165, 1.54) is 5.69 Å². The summed E-state index contributed by atoms with van der Waals surface area (Å²) < 4.78 is 0. The molecule has 1 aromatic carbocycles. The lowest BCUT2D eigenvalue weighted by molar-refractivity contribution is 0.474. The monoisotopic (exact) mass is 192 g/mol. The summed E-state index contributed by atoms with van der Waals surface area (Å²) in [6.07, 6.45) is 0. The van der Waals surface area contributed by atoms with E-state index >= 15 is 0 Å². The number of aromatic hydroxyl groups is 1. The first kappa shape index (κ1) is 9.34. The number of piperazine rings is 1. The van der Waals surface area contributed by atoms with E-state index in [1.54, 1.807) is 6.07 Å². The van der Waals surface area contributed by atoms with E-state index in [9.17, 15) is 5.11 Å². The van der Waals surface area contributed by atoms with Crippen LogP contribution >= 0.6 is 0 Å². The highest BCUT2D eigenvalue weighted by Gasteiger charge is 2.12. The van der Waals surface area contributed by atoms with Crippen LogP contribution in [0.15, 0.2) is 18.2 Å². The lowest BCUT2D eigenvalue weighted by Crippen LogP contribution is -2.43. The Morgan fingerprint density at radius 2 is 2.00 bits per heavy atom. The molecule has 3 heteroatoms. The predicted octanol–water partition coefficient (Wildman–Crippen LogP) is 1.11. The van der Waals surface area contributed by atoms with Gasteiger partial charge in [0.25, 0.3) is 0 Å². The Morgan fingerprint density at radius 3 is 2.64 bits per heavy atom. The molecular formula is C11H16N2O. The van der Waals surface area contributed by atoms with Crippen LogP contribution in [0.5, 0.6) is 5.75 Å². The van der Waals surface area contributed by atoms with Crippen molar-refractivity contribution in [2.45, 2.75) is 6.92 Å². The van der Waals surface area contributed by atoms with Crippen molar-refractivity contribution in [2.24, 2.45) is 0 Å². The van der Waals surface area contributed by atoms with Crippen LogP contribution in [0.3, 0.4) is 0 Å². The molecule has 0 unspecified atom stereocenters. The van der Waals surface area contributed by atoms with Crippen molar-refractivity contribution in [1.82, 2.24) is 5.32 Å². The molecule has 0 atom stereocenters. The third-order valence-electron chi connectivity index (χ3n) is 2.64. The smallest absolute Gasteiger partial charge is 0.115 e. The number of anilines is 1. The molecule has 0 aromatic heterocycles. The predicted molar refractivity (Wildman–Crippen MR) is 57.9 cm³/mol. The molecule has 14 heavy (non-hydrogen) atoms. The molecule has 1 heterocycles. The molecule has 0 amide bonds. The Balaban J connectivity index is 2.22. The lowest BCUT2D eigenvalue weighted by Gasteiger charge is -2.30. The van der Waals surface area contributed by atoms with E-state index in [0.717, 1.165) is 31.7 Å². The van der Waals surface area contributed by atoms with Gasteiger partial charge in [-0.1, -0.05) is 0 Å². The van der Waals surface area contributed by atoms with Crippen LogP contribution in [-0.4, -0.2) is 31.3 Å². The Kier molecular flexibility index (Phi) is 2.59. The zero-order valence-corrected chi connectivity index (χ0v) is 8.45. The minimum Gasteiger partial charge on any atom is -0.508 e. The third kappa shape index (κ3) is 1.82. The minimum atomic E-state index is 0.349. The molecule has 1 aromatic rings. The van der Waals surface area contributed by atoms with Crippen molar-refractivity contribution in [2.75, 3.05) is 31.1 Å². The van der Waals surface area contributed by atoms with Crippen molar-refractivity contribution < 1.29 is 5.11 Å². The van der Waals surface area contributed by atoms with Crippen LogP contribution < -0.4 is 10.2 Å². The summed E-state index contributed by atoms with van der Waals surface area (Å²) in [6, 6.07) is 5.57. The van der Waals surface area contributed by atoms with E-state index in [1.807, 2.05) is 19.1 Å². The van der Waals surface area contributed by atoms with E-state index in [4.69, 9.17) is 0 Å². The average molecular weight is 192 g/mol. The molecule has 1 aliphatic rings. The van der Waals surface area contributed by atoms with Gasteiger partial charge in [0.1, 0.15) is 5.75 Å². The van der Waals surface area contributed by atoms with E-state index < -0.39 is 0 Å². The van der Waals surface area contributed by atoms with Crippen LogP contribution in [0.1, 0.15) is 5.56 Å². The number of phenols is 1. The van der Waals surface area contributed by atoms with Crippen LogP contribution in [0, 0.1) is 6.92 Å². The molecule has 3 nitrogen and oxygen atoms in total. The average Bonchev–Trinajstić information content (AvgIpc) is 2.19. The fourth-order valence-electron chi connectivity index (χ4n) is 1.90. The van der Waals surface area contributed by atoms with Gasteiger partial charge >= 0.3 is 0 Å². The molecule has 1 fully saturated rings. The Bertz CT molecular complexity index is 319. The number of rotatable bonds is 1. The molecule has 0 spiro atoms. The van der Waals surface area contributed by atoms with Gasteiger partial charge in [-0.25, -0.2) is 0 Å². The van der Waals surface area contributed by atoms with Crippen molar-refractivity contribution in [3.8, 4) is 5.75 Å². The number of benzene rings is 1. The number of nitrogens with zero attached hydrogens (tertiary/aromatic N) is 1. The second-order valence-corrected chi connectivity index (χ2v) is 3.71. The quantitative estimate of drug-likeness (QED) is 0.699. The number of nitrogens with one attached hydrogen (secondary N) is 1. The Hall–Kier alpha value is -1.22. The lowest BCUT2D eigenvalue weighted by atomic mass is 10.1. The maximum atomic E-state index is 9.31. The van der Waals surface area contributed by atoms with Crippen LogP contribution in [0.2, 0.25) is 0 Å². The van der Waals surface area contributed by atoms with Crippen molar-refractivity contribution in [1.29, 1.82) is 0 Å². The van der Waals surface area contributed by atoms with Crippen molar-refractivity contribution >= 4 is 5.69 Å². The standard InChI is InChI=1S/C11H16N2O/c1-9-8-10(14)2-3-11(9)13-6-4-12-5-7-13/h2-3,8,12,14H,4-7H2,1H3. The summed E-state index contributed by atoms with van der Waals surface area (Å²) in [5.41, 5.74) is 2.39. The normalized spacial score (nSPS) is 17.1. The van der Waals surface area contributed by atoms with Gasteiger partial charge < -0.3 is 15.3 Å². The van der Waals surface area contributed by atoms with Crippen LogP contribution in [0.4, 0.5) is 5.69 Å². The molecule has 1 aliphatic heterocycles. The highest BCUT2D eigenvalue weighted by atomic mass is 16.3. The zero-order valence-electron chi connectivity index (χ0n) is 8.45. The van der Waals surface area contributed by atoms with E-state index in [2.05, 4.69) is 10.2 Å². The van der Waals surface area contributed by atoms with Crippen LogP contribution in [-0.2, 0) is 0 Å².